The van der Waals surface area contributed by atoms with Crippen molar-refractivity contribution in [3.63, 3.8) is 0 Å². The van der Waals surface area contributed by atoms with E-state index in [0.29, 0.717) is 17.6 Å². The molecule has 0 saturated carbocycles. The van der Waals surface area contributed by atoms with Gasteiger partial charge in [0.05, 0.1) is 11.7 Å². The van der Waals surface area contributed by atoms with E-state index in [0.717, 1.165) is 30.8 Å². The van der Waals surface area contributed by atoms with Crippen LogP contribution in [0.3, 0.4) is 0 Å². The van der Waals surface area contributed by atoms with E-state index < -0.39 is 5.82 Å². The molecule has 1 heterocycles. The maximum Gasteiger partial charge on any atom is 0.252 e. The van der Waals surface area contributed by atoms with E-state index in [2.05, 4.69) is 21.2 Å². The summed E-state index contributed by atoms with van der Waals surface area (Å²) in [5, 5.41) is 2.78. The fourth-order valence-electron chi connectivity index (χ4n) is 2.62. The number of ether oxygens (including phenoxy) is 2. The van der Waals surface area contributed by atoms with E-state index in [1.165, 1.54) is 18.2 Å². The van der Waals surface area contributed by atoms with E-state index in [-0.39, 0.29) is 17.6 Å². The van der Waals surface area contributed by atoms with E-state index in [9.17, 15) is 9.18 Å². The summed E-state index contributed by atoms with van der Waals surface area (Å²) in [5.74, 6) is 0.00429. The minimum atomic E-state index is -0.443. The van der Waals surface area contributed by atoms with Gasteiger partial charge in [-0.3, -0.25) is 4.79 Å². The molecule has 132 valence electrons. The van der Waals surface area contributed by atoms with Crippen LogP contribution in [-0.2, 0) is 11.3 Å². The Kier molecular flexibility index (Phi) is 6.04. The summed E-state index contributed by atoms with van der Waals surface area (Å²) >= 11 is 3.26. The van der Waals surface area contributed by atoms with Crippen molar-refractivity contribution >= 4 is 21.8 Å². The van der Waals surface area contributed by atoms with Crippen molar-refractivity contribution in [1.29, 1.82) is 0 Å². The maximum absolute atomic E-state index is 13.3. The Morgan fingerprint density at radius 2 is 2.08 bits per heavy atom. The summed E-state index contributed by atoms with van der Waals surface area (Å²) in [7, 11) is 0. The molecule has 1 aliphatic heterocycles. The quantitative estimate of drug-likeness (QED) is 0.784. The lowest BCUT2D eigenvalue weighted by Crippen LogP contribution is -2.23. The van der Waals surface area contributed by atoms with Crippen molar-refractivity contribution in [2.75, 3.05) is 13.2 Å². The number of amides is 1. The molecule has 1 saturated heterocycles. The molecular formula is C19H19BrFNO3. The van der Waals surface area contributed by atoms with Gasteiger partial charge in [-0.15, -0.1) is 0 Å². The Labute approximate surface area is 154 Å². The molecule has 0 aromatic heterocycles. The van der Waals surface area contributed by atoms with E-state index in [1.54, 1.807) is 0 Å². The molecule has 4 nitrogen and oxygen atoms in total. The fourth-order valence-corrected chi connectivity index (χ4v) is 3.04. The van der Waals surface area contributed by atoms with Crippen molar-refractivity contribution < 1.29 is 18.7 Å². The van der Waals surface area contributed by atoms with Crippen LogP contribution in [0.4, 0.5) is 4.39 Å². The molecule has 0 radical (unpaired) electrons. The zero-order valence-corrected chi connectivity index (χ0v) is 15.2. The highest BCUT2D eigenvalue weighted by molar-refractivity contribution is 9.10. The Hall–Kier alpha value is -1.92. The third-order valence-corrected chi connectivity index (χ3v) is 4.70. The van der Waals surface area contributed by atoms with Gasteiger partial charge >= 0.3 is 0 Å². The zero-order chi connectivity index (χ0) is 17.6. The molecule has 2 aromatic rings. The van der Waals surface area contributed by atoms with E-state index in [1.807, 2.05) is 24.3 Å². The summed E-state index contributed by atoms with van der Waals surface area (Å²) < 4.78 is 25.1. The molecule has 3 rings (SSSR count). The highest BCUT2D eigenvalue weighted by Crippen LogP contribution is 2.19. The van der Waals surface area contributed by atoms with Gasteiger partial charge in [-0.05, 0) is 64.7 Å². The van der Waals surface area contributed by atoms with Gasteiger partial charge in [0.1, 0.15) is 18.2 Å². The largest absolute Gasteiger partial charge is 0.491 e. The molecule has 0 spiro atoms. The van der Waals surface area contributed by atoms with Crippen LogP contribution in [0.25, 0.3) is 0 Å². The molecule has 2 aromatic carbocycles. The van der Waals surface area contributed by atoms with Gasteiger partial charge in [-0.25, -0.2) is 4.39 Å². The third kappa shape index (κ3) is 5.03. The standard InChI is InChI=1S/C19H19BrFNO3/c20-18-8-5-14(21)10-17(18)19(23)22-11-13-3-6-15(7-4-13)25-12-16-2-1-9-24-16/h3-8,10,16H,1-2,9,11-12H2,(H,22,23)/t16-/m1/s1. The van der Waals surface area contributed by atoms with Gasteiger partial charge in [-0.1, -0.05) is 12.1 Å². The van der Waals surface area contributed by atoms with Gasteiger partial charge in [0, 0.05) is 17.6 Å². The average Bonchev–Trinajstić information content (AvgIpc) is 3.14. The van der Waals surface area contributed by atoms with Gasteiger partial charge in [0.15, 0.2) is 0 Å². The van der Waals surface area contributed by atoms with Crippen LogP contribution in [0.1, 0.15) is 28.8 Å². The Morgan fingerprint density at radius 3 is 2.80 bits per heavy atom. The Bertz CT molecular complexity index is 730. The van der Waals surface area contributed by atoms with Crippen LogP contribution in [0.15, 0.2) is 46.9 Å². The minimum absolute atomic E-state index is 0.184. The van der Waals surface area contributed by atoms with Crippen LogP contribution in [0.2, 0.25) is 0 Å². The second-order valence-corrected chi connectivity index (χ2v) is 6.75. The second kappa shape index (κ2) is 8.45. The molecule has 1 fully saturated rings. The predicted molar refractivity (Wildman–Crippen MR) is 96.2 cm³/mol. The number of carbonyl (C=O) groups excluding carboxylic acids is 1. The van der Waals surface area contributed by atoms with Crippen LogP contribution in [0.5, 0.6) is 5.75 Å². The van der Waals surface area contributed by atoms with Gasteiger partial charge < -0.3 is 14.8 Å². The first-order valence-electron chi connectivity index (χ1n) is 8.18. The smallest absolute Gasteiger partial charge is 0.252 e. The van der Waals surface area contributed by atoms with Crippen LogP contribution in [-0.4, -0.2) is 25.2 Å². The Morgan fingerprint density at radius 1 is 1.28 bits per heavy atom. The topological polar surface area (TPSA) is 47.6 Å². The number of nitrogens with one attached hydrogen (secondary N) is 1. The molecule has 6 heteroatoms. The minimum Gasteiger partial charge on any atom is -0.491 e. The van der Waals surface area contributed by atoms with Gasteiger partial charge in [0.2, 0.25) is 0 Å². The third-order valence-electron chi connectivity index (χ3n) is 4.01. The number of hydrogen-bond acceptors (Lipinski definition) is 3. The molecule has 0 bridgehead atoms. The second-order valence-electron chi connectivity index (χ2n) is 5.90. The molecule has 25 heavy (non-hydrogen) atoms. The number of halogens is 2. The number of rotatable bonds is 6. The summed E-state index contributed by atoms with van der Waals surface area (Å²) in [6.45, 7) is 1.73. The maximum atomic E-state index is 13.3. The van der Waals surface area contributed by atoms with E-state index >= 15 is 0 Å². The highest BCUT2D eigenvalue weighted by atomic mass is 79.9. The van der Waals surface area contributed by atoms with Crippen LogP contribution < -0.4 is 10.1 Å². The lowest BCUT2D eigenvalue weighted by molar-refractivity contribution is 0.0679. The van der Waals surface area contributed by atoms with Crippen LogP contribution in [0, 0.1) is 5.82 Å². The lowest BCUT2D eigenvalue weighted by Gasteiger charge is -2.12. The molecule has 0 unspecified atom stereocenters. The number of hydrogen-bond donors (Lipinski definition) is 1. The van der Waals surface area contributed by atoms with Crippen molar-refractivity contribution in [3.05, 3.63) is 63.9 Å². The first-order chi connectivity index (χ1) is 12.1. The van der Waals surface area contributed by atoms with E-state index in [4.69, 9.17) is 9.47 Å². The summed E-state index contributed by atoms with van der Waals surface area (Å²) in [5.41, 5.74) is 1.21. The number of benzene rings is 2. The number of carbonyl (C=O) groups is 1. The van der Waals surface area contributed by atoms with Crippen molar-refractivity contribution in [3.8, 4) is 5.75 Å². The SMILES string of the molecule is O=C(NCc1ccc(OC[C@H]2CCCO2)cc1)c1cc(F)ccc1Br. The van der Waals surface area contributed by atoms with Gasteiger partial charge in [0.25, 0.3) is 5.91 Å². The first-order valence-corrected chi connectivity index (χ1v) is 8.98. The average molecular weight is 408 g/mol. The summed E-state index contributed by atoms with van der Waals surface area (Å²) in [6, 6.07) is 11.6. The highest BCUT2D eigenvalue weighted by Gasteiger charge is 2.16. The molecule has 1 atom stereocenters. The molecule has 1 aliphatic rings. The molecular weight excluding hydrogens is 389 g/mol. The van der Waals surface area contributed by atoms with Crippen LogP contribution >= 0.6 is 15.9 Å². The van der Waals surface area contributed by atoms with Crippen molar-refractivity contribution in [2.45, 2.75) is 25.5 Å². The first kappa shape index (κ1) is 17.9. The molecule has 1 amide bonds. The van der Waals surface area contributed by atoms with Crippen molar-refractivity contribution in [1.82, 2.24) is 5.32 Å². The molecule has 1 N–H and O–H groups in total. The molecule has 0 aliphatic carbocycles. The zero-order valence-electron chi connectivity index (χ0n) is 13.6. The summed E-state index contributed by atoms with van der Waals surface area (Å²) in [6.07, 6.45) is 2.32. The lowest BCUT2D eigenvalue weighted by atomic mass is 10.2. The van der Waals surface area contributed by atoms with Crippen molar-refractivity contribution in [2.24, 2.45) is 0 Å². The predicted octanol–water partition coefficient (Wildman–Crippen LogP) is 4.08. The Balaban J connectivity index is 1.51. The normalized spacial score (nSPS) is 16.6. The summed E-state index contributed by atoms with van der Waals surface area (Å²) in [4.78, 5) is 12.2. The van der Waals surface area contributed by atoms with Gasteiger partial charge in [-0.2, -0.15) is 0 Å². The monoisotopic (exact) mass is 407 g/mol. The fraction of sp³-hybridized carbons (Fsp3) is 0.316.